The predicted molar refractivity (Wildman–Crippen MR) is 83.4 cm³/mol. The average Bonchev–Trinajstić information content (AvgIpc) is 2.43. The molecule has 0 aliphatic heterocycles. The Balaban J connectivity index is 1.77. The molecule has 1 fully saturated rings. The molecular weight excluding hydrogens is 232 g/mol. The van der Waals surface area contributed by atoms with E-state index in [1.165, 1.54) is 83.5 Å². The second-order valence-electron chi connectivity index (χ2n) is 6.45. The van der Waals surface area contributed by atoms with Crippen molar-refractivity contribution < 1.29 is 4.79 Å². The summed E-state index contributed by atoms with van der Waals surface area (Å²) in [6.45, 7) is 2.28. The molecule has 0 aromatic carbocycles. The third-order valence-corrected chi connectivity index (χ3v) is 4.63. The van der Waals surface area contributed by atoms with Gasteiger partial charge >= 0.3 is 0 Å². The monoisotopic (exact) mass is 266 g/mol. The smallest absolute Gasteiger partial charge is 0.132 e. The minimum atomic E-state index is 0.499. The summed E-state index contributed by atoms with van der Waals surface area (Å²) in [5, 5.41) is 0. The number of ketones is 1. The number of rotatable bonds is 11. The minimum Gasteiger partial charge on any atom is -0.300 e. The zero-order valence-corrected chi connectivity index (χ0v) is 13.1. The molecule has 1 saturated carbocycles. The van der Waals surface area contributed by atoms with E-state index in [9.17, 15) is 4.79 Å². The fourth-order valence-corrected chi connectivity index (χ4v) is 3.21. The van der Waals surface area contributed by atoms with E-state index in [-0.39, 0.29) is 0 Å². The van der Waals surface area contributed by atoms with Gasteiger partial charge in [0.2, 0.25) is 0 Å². The molecule has 1 aliphatic carbocycles. The largest absolute Gasteiger partial charge is 0.300 e. The van der Waals surface area contributed by atoms with Gasteiger partial charge in [0.1, 0.15) is 5.78 Å². The van der Waals surface area contributed by atoms with E-state index < -0.39 is 0 Å². The van der Waals surface area contributed by atoms with Crippen molar-refractivity contribution in [3.8, 4) is 0 Å². The molecule has 0 heterocycles. The molecule has 0 aromatic rings. The number of unbranched alkanes of at least 4 members (excludes halogenated alkanes) is 9. The van der Waals surface area contributed by atoms with Crippen LogP contribution in [0.25, 0.3) is 0 Å². The second kappa shape index (κ2) is 11.5. The van der Waals surface area contributed by atoms with Crippen molar-refractivity contribution in [2.24, 2.45) is 5.92 Å². The van der Waals surface area contributed by atoms with Crippen molar-refractivity contribution in [1.82, 2.24) is 0 Å². The van der Waals surface area contributed by atoms with Crippen molar-refractivity contribution >= 4 is 5.78 Å². The number of hydrogen-bond donors (Lipinski definition) is 0. The Morgan fingerprint density at radius 3 is 1.79 bits per heavy atom. The first-order valence-corrected chi connectivity index (χ1v) is 8.84. The van der Waals surface area contributed by atoms with Gasteiger partial charge in [0.25, 0.3) is 0 Å². The van der Waals surface area contributed by atoms with E-state index in [1.54, 1.807) is 0 Å². The van der Waals surface area contributed by atoms with Crippen LogP contribution >= 0.6 is 0 Å². The summed E-state index contributed by atoms with van der Waals surface area (Å²) in [6, 6.07) is 0. The SMILES string of the molecule is CCCCCCCCCCCCC1CCC(=O)CC1. The molecule has 0 amide bonds. The maximum absolute atomic E-state index is 11.2. The molecule has 0 atom stereocenters. The molecule has 0 N–H and O–H groups in total. The fraction of sp³-hybridized carbons (Fsp3) is 0.944. The van der Waals surface area contributed by atoms with Crippen molar-refractivity contribution in [1.29, 1.82) is 0 Å². The van der Waals surface area contributed by atoms with Crippen LogP contribution in [-0.2, 0) is 4.79 Å². The summed E-state index contributed by atoms with van der Waals surface area (Å²) < 4.78 is 0. The summed E-state index contributed by atoms with van der Waals surface area (Å²) in [7, 11) is 0. The van der Waals surface area contributed by atoms with E-state index in [0.717, 1.165) is 18.8 Å². The van der Waals surface area contributed by atoms with Gasteiger partial charge in [-0.05, 0) is 18.8 Å². The van der Waals surface area contributed by atoms with Gasteiger partial charge in [-0.25, -0.2) is 0 Å². The highest BCUT2D eigenvalue weighted by Gasteiger charge is 2.17. The Hall–Kier alpha value is -0.330. The molecule has 1 heteroatoms. The lowest BCUT2D eigenvalue weighted by atomic mass is 9.85. The maximum atomic E-state index is 11.2. The topological polar surface area (TPSA) is 17.1 Å². The van der Waals surface area contributed by atoms with Crippen LogP contribution in [0.1, 0.15) is 103 Å². The van der Waals surface area contributed by atoms with Gasteiger partial charge in [-0.2, -0.15) is 0 Å². The highest BCUT2D eigenvalue weighted by Crippen LogP contribution is 2.26. The number of carbonyl (C=O) groups is 1. The molecule has 1 nitrogen and oxygen atoms in total. The number of hydrogen-bond acceptors (Lipinski definition) is 1. The minimum absolute atomic E-state index is 0.499. The van der Waals surface area contributed by atoms with Gasteiger partial charge in [-0.3, -0.25) is 4.79 Å². The molecule has 19 heavy (non-hydrogen) atoms. The Morgan fingerprint density at radius 2 is 1.26 bits per heavy atom. The Bertz CT molecular complexity index is 212. The summed E-state index contributed by atoms with van der Waals surface area (Å²) in [5.41, 5.74) is 0. The lowest BCUT2D eigenvalue weighted by Gasteiger charge is -2.20. The lowest BCUT2D eigenvalue weighted by Crippen LogP contribution is -2.13. The molecule has 0 saturated heterocycles. The third kappa shape index (κ3) is 9.24. The first-order valence-electron chi connectivity index (χ1n) is 8.84. The molecule has 0 bridgehead atoms. The van der Waals surface area contributed by atoms with Crippen LogP contribution in [0.4, 0.5) is 0 Å². The third-order valence-electron chi connectivity index (χ3n) is 4.63. The van der Waals surface area contributed by atoms with E-state index in [4.69, 9.17) is 0 Å². The van der Waals surface area contributed by atoms with Crippen molar-refractivity contribution in [2.45, 2.75) is 103 Å². The molecule has 0 radical (unpaired) electrons. The van der Waals surface area contributed by atoms with Crippen LogP contribution in [-0.4, -0.2) is 5.78 Å². The zero-order valence-electron chi connectivity index (χ0n) is 13.1. The van der Waals surface area contributed by atoms with E-state index in [0.29, 0.717) is 5.78 Å². The van der Waals surface area contributed by atoms with Crippen LogP contribution in [0.15, 0.2) is 0 Å². The van der Waals surface area contributed by atoms with Crippen molar-refractivity contribution in [3.63, 3.8) is 0 Å². The van der Waals surface area contributed by atoms with E-state index in [2.05, 4.69) is 6.92 Å². The first kappa shape index (κ1) is 16.7. The van der Waals surface area contributed by atoms with Gasteiger partial charge in [0, 0.05) is 12.8 Å². The average molecular weight is 266 g/mol. The highest BCUT2D eigenvalue weighted by atomic mass is 16.1. The van der Waals surface area contributed by atoms with Gasteiger partial charge in [0.05, 0.1) is 0 Å². The van der Waals surface area contributed by atoms with Gasteiger partial charge in [-0.15, -0.1) is 0 Å². The molecule has 0 unspecified atom stereocenters. The van der Waals surface area contributed by atoms with E-state index in [1.807, 2.05) is 0 Å². The predicted octanol–water partition coefficient (Wildman–Crippen LogP) is 6.06. The molecule has 0 aromatic heterocycles. The van der Waals surface area contributed by atoms with Gasteiger partial charge < -0.3 is 0 Å². The Labute approximate surface area is 120 Å². The summed E-state index contributed by atoms with van der Waals surface area (Å²) in [6.07, 6.45) is 19.7. The molecule has 1 aliphatic rings. The highest BCUT2D eigenvalue weighted by molar-refractivity contribution is 5.78. The summed E-state index contributed by atoms with van der Waals surface area (Å²) in [4.78, 5) is 11.2. The van der Waals surface area contributed by atoms with Crippen LogP contribution in [0.5, 0.6) is 0 Å². The lowest BCUT2D eigenvalue weighted by molar-refractivity contribution is -0.121. The second-order valence-corrected chi connectivity index (χ2v) is 6.45. The summed E-state index contributed by atoms with van der Waals surface area (Å²) >= 11 is 0. The molecule has 112 valence electrons. The first-order chi connectivity index (χ1) is 9.33. The quantitative estimate of drug-likeness (QED) is 0.416. The van der Waals surface area contributed by atoms with Crippen molar-refractivity contribution in [3.05, 3.63) is 0 Å². The van der Waals surface area contributed by atoms with Gasteiger partial charge in [0.15, 0.2) is 0 Å². The standard InChI is InChI=1S/C18H34O/c1-2-3-4-5-6-7-8-9-10-11-12-17-13-15-18(19)16-14-17/h17H,2-16H2,1H3. The number of Topliss-reactive ketones (excluding diaryl/α,β-unsaturated/α-hetero) is 1. The zero-order chi connectivity index (χ0) is 13.8. The summed E-state index contributed by atoms with van der Waals surface area (Å²) in [5.74, 6) is 1.37. The number of carbonyl (C=O) groups excluding carboxylic acids is 1. The van der Waals surface area contributed by atoms with E-state index >= 15 is 0 Å². The van der Waals surface area contributed by atoms with Crippen LogP contribution < -0.4 is 0 Å². The van der Waals surface area contributed by atoms with Crippen LogP contribution in [0.2, 0.25) is 0 Å². The fourth-order valence-electron chi connectivity index (χ4n) is 3.21. The van der Waals surface area contributed by atoms with Crippen LogP contribution in [0.3, 0.4) is 0 Å². The molecular formula is C18H34O. The normalized spacial score (nSPS) is 17.0. The maximum Gasteiger partial charge on any atom is 0.132 e. The Kier molecular flexibility index (Phi) is 10.1. The molecule has 0 spiro atoms. The van der Waals surface area contributed by atoms with Crippen LogP contribution in [0, 0.1) is 5.92 Å². The Morgan fingerprint density at radius 1 is 0.789 bits per heavy atom. The molecule has 1 rings (SSSR count). The van der Waals surface area contributed by atoms with Crippen molar-refractivity contribution in [2.75, 3.05) is 0 Å². The van der Waals surface area contributed by atoms with Gasteiger partial charge in [-0.1, -0.05) is 77.6 Å².